The van der Waals surface area contributed by atoms with E-state index in [9.17, 15) is 9.59 Å². The van der Waals surface area contributed by atoms with Crippen LogP contribution in [-0.2, 0) is 19.1 Å². The van der Waals surface area contributed by atoms with E-state index in [1.54, 1.807) is 0 Å². The van der Waals surface area contributed by atoms with Crippen LogP contribution in [-0.4, -0.2) is 24.6 Å². The largest absolute Gasteiger partial charge is 0.465 e. The molecule has 0 amide bonds. The van der Waals surface area contributed by atoms with E-state index in [0.29, 0.717) is 18.4 Å². The Morgan fingerprint density at radius 3 is 2.54 bits per heavy atom. The van der Waals surface area contributed by atoms with E-state index >= 15 is 0 Å². The quantitative estimate of drug-likeness (QED) is 0.619. The molecule has 0 aliphatic heterocycles. The maximum absolute atomic E-state index is 12.0. The Bertz CT molecular complexity index is 693. The zero-order valence-electron chi connectivity index (χ0n) is 18.2. The number of fused-ring (bicyclic) bond motifs is 3. The van der Waals surface area contributed by atoms with Crippen LogP contribution in [0, 0.1) is 28.6 Å². The molecule has 0 aromatic heterocycles. The second-order valence-corrected chi connectivity index (χ2v) is 9.82. The summed E-state index contributed by atoms with van der Waals surface area (Å²) in [5, 5.41) is 0. The number of carbonyl (C=O) groups is 2. The fourth-order valence-corrected chi connectivity index (χ4v) is 7.06. The van der Waals surface area contributed by atoms with E-state index < -0.39 is 0 Å². The fourth-order valence-electron chi connectivity index (χ4n) is 7.06. The predicted octanol–water partition coefficient (Wildman–Crippen LogP) is 5.23. The summed E-state index contributed by atoms with van der Waals surface area (Å²) in [6.45, 7) is 14.3. The minimum Gasteiger partial charge on any atom is -0.465 e. The third kappa shape index (κ3) is 3.55. The van der Waals surface area contributed by atoms with Gasteiger partial charge in [0, 0.05) is 25.2 Å². The lowest BCUT2D eigenvalue weighted by Gasteiger charge is -2.63. The van der Waals surface area contributed by atoms with Gasteiger partial charge in [0.1, 0.15) is 6.10 Å². The molecule has 28 heavy (non-hydrogen) atoms. The van der Waals surface area contributed by atoms with Gasteiger partial charge >= 0.3 is 11.9 Å². The smallest absolute Gasteiger partial charge is 0.302 e. The molecule has 156 valence electrons. The molecule has 2 fully saturated rings. The van der Waals surface area contributed by atoms with Gasteiger partial charge in [-0.15, -0.1) is 0 Å². The van der Waals surface area contributed by atoms with Gasteiger partial charge in [-0.05, 0) is 61.9 Å². The Morgan fingerprint density at radius 2 is 1.93 bits per heavy atom. The van der Waals surface area contributed by atoms with Crippen molar-refractivity contribution in [2.45, 2.75) is 79.2 Å². The minimum absolute atomic E-state index is 0.0736. The van der Waals surface area contributed by atoms with Crippen LogP contribution in [0.2, 0.25) is 0 Å². The Balaban J connectivity index is 2.03. The number of rotatable bonds is 4. The molecule has 3 aliphatic carbocycles. The third-order valence-corrected chi connectivity index (χ3v) is 8.07. The van der Waals surface area contributed by atoms with E-state index in [-0.39, 0.29) is 34.8 Å². The second-order valence-electron chi connectivity index (χ2n) is 9.82. The first kappa shape index (κ1) is 21.1. The molecule has 3 rings (SSSR count). The van der Waals surface area contributed by atoms with Crippen LogP contribution in [0.25, 0.3) is 0 Å². The van der Waals surface area contributed by atoms with Gasteiger partial charge in [0.05, 0.1) is 6.61 Å². The second kappa shape index (κ2) is 7.68. The van der Waals surface area contributed by atoms with Crippen LogP contribution in [0.15, 0.2) is 23.8 Å². The number of hydrogen-bond donors (Lipinski definition) is 0. The van der Waals surface area contributed by atoms with Crippen molar-refractivity contribution in [3.05, 3.63) is 23.8 Å². The zero-order valence-corrected chi connectivity index (χ0v) is 18.2. The molecule has 0 aromatic rings. The molecule has 0 N–H and O–H groups in total. The molecule has 2 saturated carbocycles. The maximum atomic E-state index is 12.0. The van der Waals surface area contributed by atoms with Crippen molar-refractivity contribution >= 4 is 11.9 Å². The molecule has 0 aromatic carbocycles. The SMILES string of the molecule is C=CC1=C(C)[C@@H]2C[C@@H](OC(C)=O)C3[C@](C)(COC(C)=O)CCC[C@]3(C)[C@H]2CC1. The van der Waals surface area contributed by atoms with E-state index in [1.807, 2.05) is 6.08 Å². The highest BCUT2D eigenvalue weighted by atomic mass is 16.5. The normalized spacial score (nSPS) is 40.2. The van der Waals surface area contributed by atoms with Crippen molar-refractivity contribution in [2.24, 2.45) is 28.6 Å². The molecule has 0 bridgehead atoms. The van der Waals surface area contributed by atoms with Crippen LogP contribution in [0.4, 0.5) is 0 Å². The van der Waals surface area contributed by atoms with Crippen molar-refractivity contribution in [2.75, 3.05) is 6.61 Å². The molecule has 1 unspecified atom stereocenters. The summed E-state index contributed by atoms with van der Waals surface area (Å²) in [5.41, 5.74) is 2.70. The average molecular weight is 389 g/mol. The Kier molecular flexibility index (Phi) is 5.80. The van der Waals surface area contributed by atoms with Crippen LogP contribution < -0.4 is 0 Å². The highest BCUT2D eigenvalue weighted by molar-refractivity contribution is 5.66. The number of hydrogen-bond acceptors (Lipinski definition) is 4. The monoisotopic (exact) mass is 388 g/mol. The van der Waals surface area contributed by atoms with Crippen molar-refractivity contribution < 1.29 is 19.1 Å². The van der Waals surface area contributed by atoms with Gasteiger partial charge in [0.25, 0.3) is 0 Å². The van der Waals surface area contributed by atoms with Gasteiger partial charge in [0.15, 0.2) is 0 Å². The van der Waals surface area contributed by atoms with E-state index in [0.717, 1.165) is 38.5 Å². The topological polar surface area (TPSA) is 52.6 Å². The molecular formula is C24H36O4. The summed E-state index contributed by atoms with van der Waals surface area (Å²) in [6.07, 6.45) is 8.24. The van der Waals surface area contributed by atoms with Crippen LogP contribution in [0.3, 0.4) is 0 Å². The van der Waals surface area contributed by atoms with Crippen LogP contribution >= 0.6 is 0 Å². The molecular weight excluding hydrogens is 352 g/mol. The zero-order chi connectivity index (χ0) is 20.7. The molecule has 0 saturated heterocycles. The van der Waals surface area contributed by atoms with Crippen LogP contribution in [0.1, 0.15) is 73.1 Å². The van der Waals surface area contributed by atoms with Gasteiger partial charge < -0.3 is 9.47 Å². The first-order valence-corrected chi connectivity index (χ1v) is 10.7. The minimum atomic E-state index is -0.238. The lowest BCUT2D eigenvalue weighted by Crippen LogP contribution is -2.60. The van der Waals surface area contributed by atoms with Crippen LogP contribution in [0.5, 0.6) is 0 Å². The number of ether oxygens (including phenoxy) is 2. The van der Waals surface area contributed by atoms with Gasteiger partial charge in [-0.3, -0.25) is 9.59 Å². The summed E-state index contributed by atoms with van der Waals surface area (Å²) in [7, 11) is 0. The molecule has 0 heterocycles. The van der Waals surface area contributed by atoms with Crippen molar-refractivity contribution in [1.29, 1.82) is 0 Å². The van der Waals surface area contributed by atoms with Crippen molar-refractivity contribution in [3.63, 3.8) is 0 Å². The standard InChI is InChI=1S/C24H36O4/c1-7-18-9-10-20-19(15(18)2)13-21(28-17(4)26)22-23(5,14-27-16(3)25)11-8-12-24(20,22)6/h7,19-22H,1,8-14H2,2-6H3/t19-,20-,21+,22?,23-,24+/m0/s1. The lowest BCUT2D eigenvalue weighted by molar-refractivity contribution is -0.200. The van der Waals surface area contributed by atoms with Gasteiger partial charge in [-0.2, -0.15) is 0 Å². The summed E-state index contributed by atoms with van der Waals surface area (Å²) in [6, 6.07) is 0. The van der Waals surface area contributed by atoms with E-state index in [1.165, 1.54) is 25.0 Å². The molecule has 3 aliphatic rings. The number of carbonyl (C=O) groups excluding carboxylic acids is 2. The maximum Gasteiger partial charge on any atom is 0.302 e. The van der Waals surface area contributed by atoms with E-state index in [4.69, 9.17) is 9.47 Å². The highest BCUT2D eigenvalue weighted by Gasteiger charge is 2.61. The molecule has 4 nitrogen and oxygen atoms in total. The summed E-state index contributed by atoms with van der Waals surface area (Å²) < 4.78 is 11.5. The molecule has 4 heteroatoms. The molecule has 6 atom stereocenters. The van der Waals surface area contributed by atoms with Crippen molar-refractivity contribution in [1.82, 2.24) is 0 Å². The van der Waals surface area contributed by atoms with Gasteiger partial charge in [-0.1, -0.05) is 38.5 Å². The lowest BCUT2D eigenvalue weighted by atomic mass is 9.43. The fraction of sp³-hybridized carbons (Fsp3) is 0.750. The number of esters is 2. The Labute approximate surface area is 169 Å². The van der Waals surface area contributed by atoms with E-state index in [2.05, 4.69) is 27.4 Å². The van der Waals surface area contributed by atoms with Crippen molar-refractivity contribution in [3.8, 4) is 0 Å². The Hall–Kier alpha value is -1.58. The summed E-state index contributed by atoms with van der Waals surface area (Å²) in [5.74, 6) is 0.760. The third-order valence-electron chi connectivity index (χ3n) is 8.07. The van der Waals surface area contributed by atoms with Gasteiger partial charge in [0.2, 0.25) is 0 Å². The highest BCUT2D eigenvalue weighted by Crippen LogP contribution is 2.65. The Morgan fingerprint density at radius 1 is 1.21 bits per heavy atom. The molecule has 0 spiro atoms. The van der Waals surface area contributed by atoms with Gasteiger partial charge in [-0.25, -0.2) is 0 Å². The summed E-state index contributed by atoms with van der Waals surface area (Å²) >= 11 is 0. The molecule has 0 radical (unpaired) electrons. The predicted molar refractivity (Wildman–Crippen MR) is 109 cm³/mol. The summed E-state index contributed by atoms with van der Waals surface area (Å²) in [4.78, 5) is 23.5. The average Bonchev–Trinajstić information content (AvgIpc) is 2.60. The first-order chi connectivity index (χ1) is 13.1. The number of allylic oxidation sites excluding steroid dienone is 3. The first-order valence-electron chi connectivity index (χ1n) is 10.7.